The fourth-order valence-corrected chi connectivity index (χ4v) is 5.09. The Morgan fingerprint density at radius 2 is 1.38 bits per heavy atom. The summed E-state index contributed by atoms with van der Waals surface area (Å²) < 4.78 is 6.21. The highest BCUT2D eigenvalue weighted by atomic mass is 35.5. The first-order valence-corrected chi connectivity index (χ1v) is 13.4. The first-order valence-electron chi connectivity index (χ1n) is 12.6. The zero-order valence-electron chi connectivity index (χ0n) is 21.3. The standard InChI is InChI=1S/C33H25Cl2NO4/c34-27-18-15-21(19-28(27)35)20-40-31-25-14-8-7-9-22(25)16-17-26(31)32(37)36-30(33(38)39)29(23-10-3-1-4-11-23)24-12-5-2-6-13-24/h1-19,29-30H,20H2,(H,36,37)(H,38,39)/t30-/m0/s1. The summed E-state index contributed by atoms with van der Waals surface area (Å²) in [5, 5.41) is 15.6. The Bertz CT molecular complexity index is 1620. The van der Waals surface area contributed by atoms with E-state index in [9.17, 15) is 14.7 Å². The van der Waals surface area contributed by atoms with Gasteiger partial charge >= 0.3 is 5.97 Å². The van der Waals surface area contributed by atoms with E-state index < -0.39 is 23.8 Å². The average molecular weight is 570 g/mol. The third-order valence-electron chi connectivity index (χ3n) is 6.69. The van der Waals surface area contributed by atoms with E-state index in [1.54, 1.807) is 24.3 Å². The lowest BCUT2D eigenvalue weighted by atomic mass is 9.84. The Morgan fingerprint density at radius 1 is 0.750 bits per heavy atom. The lowest BCUT2D eigenvalue weighted by molar-refractivity contribution is -0.139. The van der Waals surface area contributed by atoms with Crippen LogP contribution in [0.2, 0.25) is 10.0 Å². The molecule has 1 amide bonds. The summed E-state index contributed by atoms with van der Waals surface area (Å²) >= 11 is 12.2. The SMILES string of the molecule is O=C(N[C@H](C(=O)O)C(c1ccccc1)c1ccccc1)c1ccc2ccccc2c1OCc1ccc(Cl)c(Cl)c1. The number of nitrogens with one attached hydrogen (secondary N) is 1. The molecule has 7 heteroatoms. The van der Waals surface area contributed by atoms with Crippen molar-refractivity contribution in [3.63, 3.8) is 0 Å². The van der Waals surface area contributed by atoms with E-state index in [2.05, 4.69) is 5.32 Å². The van der Waals surface area contributed by atoms with Gasteiger partial charge in [0.05, 0.1) is 15.6 Å². The summed E-state index contributed by atoms with van der Waals surface area (Å²) in [6.45, 7) is 0.129. The molecular formula is C33H25Cl2NO4. The minimum absolute atomic E-state index is 0.129. The summed E-state index contributed by atoms with van der Waals surface area (Å²) in [6, 6.07) is 33.5. The number of carbonyl (C=O) groups is 2. The molecular weight excluding hydrogens is 545 g/mol. The summed E-state index contributed by atoms with van der Waals surface area (Å²) in [5.41, 5.74) is 2.54. The van der Waals surface area contributed by atoms with Crippen LogP contribution in [0.5, 0.6) is 5.75 Å². The molecule has 2 N–H and O–H groups in total. The van der Waals surface area contributed by atoms with Gasteiger partial charge in [0.15, 0.2) is 0 Å². The van der Waals surface area contributed by atoms with Crippen LogP contribution < -0.4 is 10.1 Å². The second-order valence-corrected chi connectivity index (χ2v) is 10.1. The summed E-state index contributed by atoms with van der Waals surface area (Å²) in [7, 11) is 0. The Hall–Kier alpha value is -4.32. The molecule has 0 fully saturated rings. The van der Waals surface area contributed by atoms with Crippen LogP contribution in [-0.2, 0) is 11.4 Å². The van der Waals surface area contributed by atoms with E-state index in [-0.39, 0.29) is 12.2 Å². The minimum Gasteiger partial charge on any atom is -0.487 e. The molecule has 5 nitrogen and oxygen atoms in total. The van der Waals surface area contributed by atoms with Crippen LogP contribution in [-0.4, -0.2) is 23.0 Å². The van der Waals surface area contributed by atoms with Gasteiger partial charge in [-0.25, -0.2) is 4.79 Å². The number of carboxylic acids is 1. The van der Waals surface area contributed by atoms with Crippen LogP contribution in [0, 0.1) is 0 Å². The third-order valence-corrected chi connectivity index (χ3v) is 7.43. The Labute approximate surface area is 241 Å². The second-order valence-electron chi connectivity index (χ2n) is 9.29. The average Bonchev–Trinajstić information content (AvgIpc) is 2.98. The zero-order valence-corrected chi connectivity index (χ0v) is 22.8. The smallest absolute Gasteiger partial charge is 0.327 e. The van der Waals surface area contributed by atoms with Crippen molar-refractivity contribution in [2.75, 3.05) is 0 Å². The summed E-state index contributed by atoms with van der Waals surface area (Å²) in [4.78, 5) is 26.5. The van der Waals surface area contributed by atoms with Crippen LogP contribution in [0.1, 0.15) is 33.0 Å². The van der Waals surface area contributed by atoms with Crippen molar-refractivity contribution in [1.29, 1.82) is 0 Å². The molecule has 5 rings (SSSR count). The molecule has 5 aromatic carbocycles. The van der Waals surface area contributed by atoms with E-state index in [0.717, 1.165) is 27.5 Å². The quantitative estimate of drug-likeness (QED) is 0.190. The fraction of sp³-hybridized carbons (Fsp3) is 0.0909. The number of carboxylic acid groups (broad SMARTS) is 1. The van der Waals surface area contributed by atoms with Crippen LogP contribution in [0.3, 0.4) is 0 Å². The lowest BCUT2D eigenvalue weighted by Gasteiger charge is -2.26. The zero-order chi connectivity index (χ0) is 28.1. The predicted octanol–water partition coefficient (Wildman–Crippen LogP) is 7.74. The number of carbonyl (C=O) groups excluding carboxylic acids is 1. The minimum atomic E-state index is -1.24. The molecule has 0 unspecified atom stereocenters. The van der Waals surface area contributed by atoms with Gasteiger partial charge in [-0.3, -0.25) is 4.79 Å². The number of amides is 1. The maximum Gasteiger partial charge on any atom is 0.327 e. The first-order chi connectivity index (χ1) is 19.4. The molecule has 0 bridgehead atoms. The monoisotopic (exact) mass is 569 g/mol. The van der Waals surface area contributed by atoms with Gasteiger partial charge in [0.2, 0.25) is 0 Å². The van der Waals surface area contributed by atoms with Gasteiger partial charge in [-0.1, -0.05) is 120 Å². The van der Waals surface area contributed by atoms with Crippen LogP contribution >= 0.6 is 23.2 Å². The molecule has 5 aromatic rings. The topological polar surface area (TPSA) is 75.6 Å². The number of halogens is 2. The maximum absolute atomic E-state index is 13.8. The summed E-state index contributed by atoms with van der Waals surface area (Å²) in [5.74, 6) is -1.98. The van der Waals surface area contributed by atoms with Gasteiger partial charge in [-0.15, -0.1) is 0 Å². The van der Waals surface area contributed by atoms with E-state index >= 15 is 0 Å². The van der Waals surface area contributed by atoms with Gasteiger partial charge < -0.3 is 15.2 Å². The molecule has 0 saturated carbocycles. The van der Waals surface area contributed by atoms with E-state index in [0.29, 0.717) is 15.8 Å². The van der Waals surface area contributed by atoms with Crippen molar-refractivity contribution < 1.29 is 19.4 Å². The number of fused-ring (bicyclic) bond motifs is 1. The number of aliphatic carboxylic acids is 1. The molecule has 1 atom stereocenters. The van der Waals surface area contributed by atoms with Crippen molar-refractivity contribution >= 4 is 45.9 Å². The molecule has 0 aliphatic heterocycles. The second kappa shape index (κ2) is 12.2. The number of benzene rings is 5. The maximum atomic E-state index is 13.8. The largest absolute Gasteiger partial charge is 0.487 e. The third kappa shape index (κ3) is 5.96. The number of hydrogen-bond acceptors (Lipinski definition) is 3. The van der Waals surface area contributed by atoms with Gasteiger partial charge in [-0.05, 0) is 40.3 Å². The van der Waals surface area contributed by atoms with Crippen LogP contribution in [0.25, 0.3) is 10.8 Å². The predicted molar refractivity (Wildman–Crippen MR) is 158 cm³/mol. The fourth-order valence-electron chi connectivity index (χ4n) is 4.77. The molecule has 0 aromatic heterocycles. The molecule has 40 heavy (non-hydrogen) atoms. The highest BCUT2D eigenvalue weighted by Crippen LogP contribution is 2.33. The van der Waals surface area contributed by atoms with Crippen LogP contribution in [0.4, 0.5) is 0 Å². The van der Waals surface area contributed by atoms with Crippen molar-refractivity contribution in [3.05, 3.63) is 148 Å². The molecule has 0 saturated heterocycles. The molecule has 0 aliphatic carbocycles. The van der Waals surface area contributed by atoms with Crippen molar-refractivity contribution in [3.8, 4) is 5.75 Å². The van der Waals surface area contributed by atoms with Gasteiger partial charge in [0, 0.05) is 11.3 Å². The van der Waals surface area contributed by atoms with Gasteiger partial charge in [-0.2, -0.15) is 0 Å². The van der Waals surface area contributed by atoms with Crippen molar-refractivity contribution in [2.45, 2.75) is 18.6 Å². The number of hydrogen-bond donors (Lipinski definition) is 2. The van der Waals surface area contributed by atoms with E-state index in [1.165, 1.54) is 0 Å². The number of ether oxygens (including phenoxy) is 1. The normalized spacial score (nSPS) is 11.8. The summed E-state index contributed by atoms with van der Waals surface area (Å²) in [6.07, 6.45) is 0. The Kier molecular flexibility index (Phi) is 8.34. The molecule has 0 radical (unpaired) electrons. The van der Waals surface area contributed by atoms with E-state index in [1.807, 2.05) is 91.0 Å². The van der Waals surface area contributed by atoms with Gasteiger partial charge in [0.25, 0.3) is 5.91 Å². The molecule has 200 valence electrons. The highest BCUT2D eigenvalue weighted by Gasteiger charge is 2.33. The van der Waals surface area contributed by atoms with Gasteiger partial charge in [0.1, 0.15) is 18.4 Å². The van der Waals surface area contributed by atoms with E-state index in [4.69, 9.17) is 27.9 Å². The molecule has 0 heterocycles. The lowest BCUT2D eigenvalue weighted by Crippen LogP contribution is -2.45. The Balaban J connectivity index is 1.52. The molecule has 0 spiro atoms. The van der Waals surface area contributed by atoms with Crippen LogP contribution in [0.15, 0.2) is 115 Å². The number of rotatable bonds is 9. The Morgan fingerprint density at radius 3 is 2.00 bits per heavy atom. The highest BCUT2D eigenvalue weighted by molar-refractivity contribution is 6.42. The first kappa shape index (κ1) is 27.3. The van der Waals surface area contributed by atoms with Crippen molar-refractivity contribution in [1.82, 2.24) is 5.32 Å². The molecule has 0 aliphatic rings. The van der Waals surface area contributed by atoms with Crippen molar-refractivity contribution in [2.24, 2.45) is 0 Å².